The molecule has 1 N–H and O–H groups in total. The summed E-state index contributed by atoms with van der Waals surface area (Å²) in [7, 11) is 0. The molecule has 22 heavy (non-hydrogen) atoms. The second kappa shape index (κ2) is 3.95. The molecule has 2 heterocycles. The van der Waals surface area contributed by atoms with Crippen molar-refractivity contribution < 1.29 is 4.79 Å². The average Bonchev–Trinajstić information content (AvgIpc) is 3.04. The van der Waals surface area contributed by atoms with E-state index in [9.17, 15) is 4.79 Å². The minimum atomic E-state index is -0.535. The quantitative estimate of drug-likeness (QED) is 0.756. The predicted molar refractivity (Wildman–Crippen MR) is 83.5 cm³/mol. The van der Waals surface area contributed by atoms with Crippen molar-refractivity contribution >= 4 is 5.91 Å². The van der Waals surface area contributed by atoms with Gasteiger partial charge in [-0.1, -0.05) is 42.5 Å². The summed E-state index contributed by atoms with van der Waals surface area (Å²) in [4.78, 5) is 16.8. The molecule has 2 aromatic rings. The predicted octanol–water partition coefficient (Wildman–Crippen LogP) is 3.05. The van der Waals surface area contributed by atoms with E-state index < -0.39 is 5.54 Å². The Morgan fingerprint density at radius 1 is 1.18 bits per heavy atom. The highest BCUT2D eigenvalue weighted by atomic mass is 16.2. The van der Waals surface area contributed by atoms with Crippen LogP contribution in [0.3, 0.4) is 0 Å². The molecule has 0 radical (unpaired) electrons. The van der Waals surface area contributed by atoms with E-state index in [1.807, 2.05) is 18.3 Å². The highest BCUT2D eigenvalue weighted by molar-refractivity contribution is 6.02. The number of hydrogen-bond acceptors (Lipinski definition) is 2. The number of benzene rings is 1. The van der Waals surface area contributed by atoms with Gasteiger partial charge in [0.2, 0.25) is 0 Å². The van der Waals surface area contributed by atoms with E-state index >= 15 is 0 Å². The van der Waals surface area contributed by atoms with Gasteiger partial charge < -0.3 is 5.32 Å². The molecule has 1 aliphatic heterocycles. The normalized spacial score (nSPS) is 27.2. The zero-order valence-corrected chi connectivity index (χ0v) is 11.9. The molecular weight excluding hydrogens is 272 g/mol. The summed E-state index contributed by atoms with van der Waals surface area (Å²) < 4.78 is 0. The van der Waals surface area contributed by atoms with Crippen molar-refractivity contribution in [2.75, 3.05) is 0 Å². The van der Waals surface area contributed by atoms with Crippen LogP contribution in [0.5, 0.6) is 0 Å². The number of nitrogens with zero attached hydrogens (tertiary/aromatic N) is 1. The van der Waals surface area contributed by atoms with Crippen LogP contribution in [-0.2, 0) is 5.54 Å². The van der Waals surface area contributed by atoms with Crippen molar-refractivity contribution in [3.05, 3.63) is 88.8 Å². The van der Waals surface area contributed by atoms with E-state index in [1.165, 1.54) is 16.7 Å². The summed E-state index contributed by atoms with van der Waals surface area (Å²) in [6.45, 7) is 0. The summed E-state index contributed by atoms with van der Waals surface area (Å²) in [6, 6.07) is 10.2. The lowest BCUT2D eigenvalue weighted by Crippen LogP contribution is -2.40. The highest BCUT2D eigenvalue weighted by Crippen LogP contribution is 2.56. The molecule has 2 atom stereocenters. The van der Waals surface area contributed by atoms with Crippen LogP contribution in [0.4, 0.5) is 0 Å². The molecule has 1 spiro atoms. The Labute approximate surface area is 128 Å². The lowest BCUT2D eigenvalue weighted by molar-refractivity contribution is 0.0948. The fraction of sp³-hybridized carbons (Fsp3) is 0.158. The first-order valence-electron chi connectivity index (χ1n) is 7.56. The van der Waals surface area contributed by atoms with E-state index in [1.54, 1.807) is 6.20 Å². The Balaban J connectivity index is 1.89. The third kappa shape index (κ3) is 1.23. The number of fused-ring (bicyclic) bond motifs is 7. The summed E-state index contributed by atoms with van der Waals surface area (Å²) in [5.41, 5.74) is 4.90. The second-order valence-corrected chi connectivity index (χ2v) is 6.01. The Kier molecular flexibility index (Phi) is 2.14. The largest absolute Gasteiger partial charge is 0.335 e. The van der Waals surface area contributed by atoms with Gasteiger partial charge in [-0.3, -0.25) is 9.78 Å². The highest BCUT2D eigenvalue weighted by Gasteiger charge is 2.54. The van der Waals surface area contributed by atoms with Crippen LogP contribution >= 0.6 is 0 Å². The van der Waals surface area contributed by atoms with E-state index in [4.69, 9.17) is 0 Å². The molecule has 5 rings (SSSR count). The molecule has 3 aliphatic rings. The summed E-state index contributed by atoms with van der Waals surface area (Å²) in [5.74, 6) is 0.236. The number of allylic oxidation sites excluding steroid dienone is 3. The van der Waals surface area contributed by atoms with Gasteiger partial charge in [-0.05, 0) is 29.2 Å². The third-order valence-corrected chi connectivity index (χ3v) is 5.04. The number of aromatic nitrogens is 1. The molecule has 0 bridgehead atoms. The molecule has 2 unspecified atom stereocenters. The van der Waals surface area contributed by atoms with Crippen LogP contribution in [0.1, 0.15) is 39.4 Å². The zero-order chi connectivity index (χ0) is 14.7. The molecule has 106 valence electrons. The first-order chi connectivity index (χ1) is 10.8. The lowest BCUT2D eigenvalue weighted by Gasteiger charge is -2.30. The Morgan fingerprint density at radius 2 is 2.09 bits per heavy atom. The Bertz CT molecular complexity index is 881. The average molecular weight is 286 g/mol. The molecule has 0 saturated carbocycles. The molecule has 1 amide bonds. The van der Waals surface area contributed by atoms with Gasteiger partial charge >= 0.3 is 0 Å². The van der Waals surface area contributed by atoms with Gasteiger partial charge in [0.05, 0.1) is 0 Å². The minimum absolute atomic E-state index is 0.0108. The third-order valence-electron chi connectivity index (χ3n) is 5.04. The topological polar surface area (TPSA) is 42.0 Å². The van der Waals surface area contributed by atoms with Gasteiger partial charge in [0, 0.05) is 29.4 Å². The summed E-state index contributed by atoms with van der Waals surface area (Å²) in [6.07, 6.45) is 11.1. The fourth-order valence-electron chi connectivity index (χ4n) is 4.20. The van der Waals surface area contributed by atoms with Crippen LogP contribution in [0, 0.1) is 0 Å². The van der Waals surface area contributed by atoms with E-state index in [-0.39, 0.29) is 11.8 Å². The number of rotatable bonds is 0. The second-order valence-electron chi connectivity index (χ2n) is 6.01. The minimum Gasteiger partial charge on any atom is -0.335 e. The van der Waals surface area contributed by atoms with Crippen LogP contribution < -0.4 is 5.32 Å². The van der Waals surface area contributed by atoms with Crippen molar-refractivity contribution in [3.8, 4) is 0 Å². The van der Waals surface area contributed by atoms with Crippen LogP contribution in [0.15, 0.2) is 66.5 Å². The zero-order valence-electron chi connectivity index (χ0n) is 11.9. The van der Waals surface area contributed by atoms with Crippen molar-refractivity contribution in [3.63, 3.8) is 0 Å². The number of amides is 1. The number of hydrogen-bond donors (Lipinski definition) is 1. The van der Waals surface area contributed by atoms with E-state index in [2.05, 4.69) is 46.7 Å². The standard InChI is InChI=1S/C19H14N2O/c22-18-14-9-10-20-11-17(14)19(21-18)15-7-3-1-5-12(15)13-6-2-4-8-16(13)19/h1-3,5-11,13H,4H2,(H,21,22). The lowest BCUT2D eigenvalue weighted by atomic mass is 9.79. The van der Waals surface area contributed by atoms with Crippen molar-refractivity contribution in [2.45, 2.75) is 17.9 Å². The molecule has 1 aromatic carbocycles. The van der Waals surface area contributed by atoms with Gasteiger partial charge in [-0.2, -0.15) is 0 Å². The number of carbonyl (C=O) groups is 1. The van der Waals surface area contributed by atoms with Crippen LogP contribution in [0.25, 0.3) is 0 Å². The van der Waals surface area contributed by atoms with Gasteiger partial charge in [0.25, 0.3) is 5.91 Å². The maximum Gasteiger partial charge on any atom is 0.253 e. The van der Waals surface area contributed by atoms with Crippen molar-refractivity contribution in [2.24, 2.45) is 0 Å². The summed E-state index contributed by atoms with van der Waals surface area (Å²) >= 11 is 0. The van der Waals surface area contributed by atoms with Gasteiger partial charge in [-0.25, -0.2) is 0 Å². The molecule has 2 aliphatic carbocycles. The monoisotopic (exact) mass is 286 g/mol. The molecule has 0 fully saturated rings. The SMILES string of the molecule is O=C1NC2(C3=CCC=CC3c3ccccc32)c2cnccc21. The maximum atomic E-state index is 12.5. The fourth-order valence-corrected chi connectivity index (χ4v) is 4.20. The van der Waals surface area contributed by atoms with Crippen LogP contribution in [0.2, 0.25) is 0 Å². The van der Waals surface area contributed by atoms with Crippen LogP contribution in [-0.4, -0.2) is 10.9 Å². The Hall–Kier alpha value is -2.68. The van der Waals surface area contributed by atoms with Gasteiger partial charge in [0.15, 0.2) is 0 Å². The first kappa shape index (κ1) is 11.9. The van der Waals surface area contributed by atoms with E-state index in [0.29, 0.717) is 0 Å². The van der Waals surface area contributed by atoms with E-state index in [0.717, 1.165) is 17.5 Å². The molecule has 3 nitrogen and oxygen atoms in total. The Morgan fingerprint density at radius 3 is 3.05 bits per heavy atom. The molecular formula is C19H14N2O. The smallest absolute Gasteiger partial charge is 0.253 e. The van der Waals surface area contributed by atoms with Crippen molar-refractivity contribution in [1.82, 2.24) is 10.3 Å². The molecule has 0 saturated heterocycles. The van der Waals surface area contributed by atoms with Gasteiger partial charge in [-0.15, -0.1) is 0 Å². The van der Waals surface area contributed by atoms with Crippen molar-refractivity contribution in [1.29, 1.82) is 0 Å². The number of pyridine rings is 1. The molecule has 1 aromatic heterocycles. The number of nitrogens with one attached hydrogen (secondary N) is 1. The summed E-state index contributed by atoms with van der Waals surface area (Å²) in [5, 5.41) is 3.27. The van der Waals surface area contributed by atoms with Gasteiger partial charge in [0.1, 0.15) is 5.54 Å². The molecule has 3 heteroatoms. The first-order valence-corrected chi connectivity index (χ1v) is 7.56. The number of carbonyl (C=O) groups excluding carboxylic acids is 1. The maximum absolute atomic E-state index is 12.5.